The van der Waals surface area contributed by atoms with Crippen LogP contribution in [0.1, 0.15) is 25.7 Å². The monoisotopic (exact) mass is 525 g/mol. The maximum absolute atomic E-state index is 13.1. The summed E-state index contributed by atoms with van der Waals surface area (Å²) >= 11 is 21.2. The molecule has 0 amide bonds. The Morgan fingerprint density at radius 3 is 2.29 bits per heavy atom. The first kappa shape index (κ1) is 21.1. The minimum Gasteiger partial charge on any atom is -0.360 e. The molecule has 10 heteroatoms. The topological polar surface area (TPSA) is 52.7 Å². The number of nitrogens with zero attached hydrogens (tertiary/aromatic N) is 2. The van der Waals surface area contributed by atoms with Crippen LogP contribution in [0.5, 0.6) is 0 Å². The SMILES string of the molecule is O=S(=O)(c1c(Cl)cc(Br)cc1Cl)N1CCN(C(=S)N[C@@H]2C[C@@H]3CC[C@@H]2C3)CC1. The zero-order valence-electron chi connectivity index (χ0n) is 15.2. The Morgan fingerprint density at radius 2 is 1.75 bits per heavy atom. The Bertz CT molecular complexity index is 868. The van der Waals surface area contributed by atoms with Crippen molar-refractivity contribution in [2.24, 2.45) is 11.8 Å². The fourth-order valence-electron chi connectivity index (χ4n) is 4.71. The second-order valence-corrected chi connectivity index (χ2v) is 11.8. The second-order valence-electron chi connectivity index (χ2n) is 7.82. The van der Waals surface area contributed by atoms with Gasteiger partial charge in [0.1, 0.15) is 4.90 Å². The minimum absolute atomic E-state index is 0.0323. The normalized spacial score (nSPS) is 28.0. The quantitative estimate of drug-likeness (QED) is 0.600. The van der Waals surface area contributed by atoms with Gasteiger partial charge in [-0.1, -0.05) is 45.6 Å². The molecular weight excluding hydrogens is 505 g/mol. The molecule has 0 radical (unpaired) electrons. The molecular formula is C18H22BrCl2N3O2S2. The number of piperazine rings is 1. The first-order valence-electron chi connectivity index (χ1n) is 9.46. The van der Waals surface area contributed by atoms with E-state index in [1.54, 1.807) is 12.1 Å². The molecule has 3 aliphatic rings. The zero-order valence-corrected chi connectivity index (χ0v) is 19.9. The molecule has 4 rings (SSSR count). The van der Waals surface area contributed by atoms with E-state index >= 15 is 0 Å². The molecule has 2 bridgehead atoms. The van der Waals surface area contributed by atoms with Gasteiger partial charge in [-0.3, -0.25) is 0 Å². The van der Waals surface area contributed by atoms with Gasteiger partial charge in [-0.05, 0) is 55.4 Å². The lowest BCUT2D eigenvalue weighted by molar-refractivity contribution is 0.258. The molecule has 154 valence electrons. The first-order chi connectivity index (χ1) is 13.3. The molecule has 1 heterocycles. The lowest BCUT2D eigenvalue weighted by Gasteiger charge is -2.37. The first-order valence-corrected chi connectivity index (χ1v) is 12.9. The van der Waals surface area contributed by atoms with Crippen LogP contribution in [-0.4, -0.2) is 55.0 Å². The van der Waals surface area contributed by atoms with Gasteiger partial charge in [0.25, 0.3) is 0 Å². The number of sulfonamides is 1. The van der Waals surface area contributed by atoms with E-state index in [0.717, 1.165) is 16.9 Å². The van der Waals surface area contributed by atoms with Crippen molar-refractivity contribution in [3.8, 4) is 0 Å². The highest BCUT2D eigenvalue weighted by Gasteiger charge is 2.40. The predicted molar refractivity (Wildman–Crippen MR) is 119 cm³/mol. The Hall–Kier alpha value is -0.120. The van der Waals surface area contributed by atoms with E-state index in [4.69, 9.17) is 35.4 Å². The van der Waals surface area contributed by atoms with Crippen LogP contribution < -0.4 is 5.32 Å². The molecule has 1 N–H and O–H groups in total. The van der Waals surface area contributed by atoms with E-state index in [1.807, 2.05) is 0 Å². The maximum atomic E-state index is 13.1. The van der Waals surface area contributed by atoms with Crippen molar-refractivity contribution in [3.63, 3.8) is 0 Å². The molecule has 1 saturated heterocycles. The number of hydrogen-bond acceptors (Lipinski definition) is 3. The van der Waals surface area contributed by atoms with Gasteiger partial charge in [0.2, 0.25) is 10.0 Å². The van der Waals surface area contributed by atoms with Gasteiger partial charge in [0.15, 0.2) is 5.11 Å². The van der Waals surface area contributed by atoms with Crippen molar-refractivity contribution in [1.29, 1.82) is 0 Å². The Balaban J connectivity index is 1.39. The Kier molecular flexibility index (Phi) is 6.18. The van der Waals surface area contributed by atoms with E-state index < -0.39 is 10.0 Å². The van der Waals surface area contributed by atoms with Gasteiger partial charge in [-0.2, -0.15) is 4.31 Å². The molecule has 28 heavy (non-hydrogen) atoms. The molecule has 0 unspecified atom stereocenters. The molecule has 1 aliphatic heterocycles. The zero-order chi connectivity index (χ0) is 20.1. The van der Waals surface area contributed by atoms with E-state index in [-0.39, 0.29) is 14.9 Å². The number of halogens is 3. The predicted octanol–water partition coefficient (Wildman–Crippen LogP) is 4.13. The molecule has 5 nitrogen and oxygen atoms in total. The van der Waals surface area contributed by atoms with Gasteiger partial charge in [0, 0.05) is 36.7 Å². The highest BCUT2D eigenvalue weighted by Crippen LogP contribution is 2.44. The summed E-state index contributed by atoms with van der Waals surface area (Å²) < 4.78 is 28.2. The van der Waals surface area contributed by atoms with Crippen LogP contribution in [0.15, 0.2) is 21.5 Å². The Labute approximate surface area is 189 Å². The van der Waals surface area contributed by atoms with Gasteiger partial charge in [-0.25, -0.2) is 8.42 Å². The number of hydrogen-bond donors (Lipinski definition) is 1. The lowest BCUT2D eigenvalue weighted by Crippen LogP contribution is -2.55. The van der Waals surface area contributed by atoms with Crippen LogP contribution >= 0.6 is 51.3 Å². The van der Waals surface area contributed by atoms with Crippen LogP contribution in [0.2, 0.25) is 10.0 Å². The van der Waals surface area contributed by atoms with Crippen LogP contribution in [0.3, 0.4) is 0 Å². The molecule has 2 aliphatic carbocycles. The number of rotatable bonds is 3. The number of thiocarbonyl (C=S) groups is 1. The largest absolute Gasteiger partial charge is 0.360 e. The molecule has 2 saturated carbocycles. The maximum Gasteiger partial charge on any atom is 0.246 e. The third kappa shape index (κ3) is 4.05. The summed E-state index contributed by atoms with van der Waals surface area (Å²) in [5.41, 5.74) is 0. The van der Waals surface area contributed by atoms with Gasteiger partial charge >= 0.3 is 0 Å². The lowest BCUT2D eigenvalue weighted by atomic mass is 9.95. The van der Waals surface area contributed by atoms with Crippen molar-refractivity contribution in [2.75, 3.05) is 26.2 Å². The van der Waals surface area contributed by atoms with E-state index in [9.17, 15) is 8.42 Å². The molecule has 3 atom stereocenters. The Morgan fingerprint density at radius 1 is 1.11 bits per heavy atom. The molecule has 3 fully saturated rings. The third-order valence-corrected chi connectivity index (χ3v) is 9.79. The van der Waals surface area contributed by atoms with Crippen LogP contribution in [0, 0.1) is 11.8 Å². The van der Waals surface area contributed by atoms with E-state index in [1.165, 1.54) is 30.0 Å². The fraction of sp³-hybridized carbons (Fsp3) is 0.611. The van der Waals surface area contributed by atoms with Gasteiger partial charge in [0.05, 0.1) is 10.0 Å². The summed E-state index contributed by atoms with van der Waals surface area (Å²) in [6, 6.07) is 3.57. The summed E-state index contributed by atoms with van der Waals surface area (Å²) in [4.78, 5) is 2.04. The third-order valence-electron chi connectivity index (χ3n) is 6.13. The fourth-order valence-corrected chi connectivity index (χ4v) is 8.35. The molecule has 1 aromatic rings. The smallest absolute Gasteiger partial charge is 0.246 e. The van der Waals surface area contributed by atoms with Crippen molar-refractivity contribution in [2.45, 2.75) is 36.6 Å². The molecule has 0 aromatic heterocycles. The van der Waals surface area contributed by atoms with Gasteiger partial charge < -0.3 is 10.2 Å². The summed E-state index contributed by atoms with van der Waals surface area (Å²) in [6.07, 6.45) is 5.18. The van der Waals surface area contributed by atoms with Crippen molar-refractivity contribution in [3.05, 3.63) is 26.7 Å². The summed E-state index contributed by atoms with van der Waals surface area (Å²) in [5.74, 6) is 1.60. The average Bonchev–Trinajstić information content (AvgIpc) is 3.23. The number of nitrogens with one attached hydrogen (secondary N) is 1. The van der Waals surface area contributed by atoms with Crippen LogP contribution in [0.4, 0.5) is 0 Å². The minimum atomic E-state index is -3.76. The summed E-state index contributed by atoms with van der Waals surface area (Å²) in [7, 11) is -3.76. The summed E-state index contributed by atoms with van der Waals surface area (Å²) in [6.45, 7) is 1.81. The highest BCUT2D eigenvalue weighted by atomic mass is 79.9. The highest BCUT2D eigenvalue weighted by molar-refractivity contribution is 9.10. The van der Waals surface area contributed by atoms with Crippen molar-refractivity contribution in [1.82, 2.24) is 14.5 Å². The van der Waals surface area contributed by atoms with Gasteiger partial charge in [-0.15, -0.1) is 0 Å². The standard InChI is InChI=1S/C18H22BrCl2N3O2S2/c19-13-9-14(20)17(15(21)10-13)28(25,26)24-5-3-23(4-6-24)18(27)22-16-8-11-1-2-12(16)7-11/h9-12,16H,1-8H2,(H,22,27)/t11-,12-,16-/m1/s1. The number of fused-ring (bicyclic) bond motifs is 2. The average molecular weight is 527 g/mol. The second kappa shape index (κ2) is 8.19. The summed E-state index contributed by atoms with van der Waals surface area (Å²) in [5, 5.41) is 4.52. The number of benzene rings is 1. The molecule has 1 aromatic carbocycles. The molecule has 0 spiro atoms. The van der Waals surface area contributed by atoms with E-state index in [0.29, 0.717) is 36.7 Å². The van der Waals surface area contributed by atoms with Crippen LogP contribution in [0.25, 0.3) is 0 Å². The van der Waals surface area contributed by atoms with Crippen LogP contribution in [-0.2, 0) is 10.0 Å². The van der Waals surface area contributed by atoms with Crippen molar-refractivity contribution >= 4 is 66.5 Å². The van der Waals surface area contributed by atoms with E-state index in [2.05, 4.69) is 26.1 Å². The van der Waals surface area contributed by atoms with Crippen molar-refractivity contribution < 1.29 is 8.42 Å².